The number of aromatic amines is 1. The first-order valence-electron chi connectivity index (χ1n) is 10.4. The summed E-state index contributed by atoms with van der Waals surface area (Å²) in [4.78, 5) is 54.5. The number of thioether (sulfide) groups is 1. The maximum atomic E-state index is 13.1. The van der Waals surface area contributed by atoms with Gasteiger partial charge in [0.1, 0.15) is 6.54 Å². The van der Waals surface area contributed by atoms with E-state index in [1.54, 1.807) is 11.8 Å². The Kier molecular flexibility index (Phi) is 4.08. The molecule has 1 saturated heterocycles. The topological polar surface area (TPSA) is 108 Å². The molecule has 1 aromatic carbocycles. The first-order valence-corrected chi connectivity index (χ1v) is 12.1. The predicted molar refractivity (Wildman–Crippen MR) is 114 cm³/mol. The zero-order valence-corrected chi connectivity index (χ0v) is 18.2. The summed E-state index contributed by atoms with van der Waals surface area (Å²) in [6.45, 7) is 1.50. The fourth-order valence-electron chi connectivity index (χ4n) is 6.65. The Hall–Kier alpha value is -2.39. The van der Waals surface area contributed by atoms with Crippen molar-refractivity contribution in [3.8, 4) is 0 Å². The van der Waals surface area contributed by atoms with Crippen LogP contribution < -0.4 is 4.87 Å². The first-order chi connectivity index (χ1) is 14.9. The molecule has 0 radical (unpaired) electrons. The minimum atomic E-state index is -1.17. The molecule has 2 saturated carbocycles. The lowest BCUT2D eigenvalue weighted by atomic mass is 9.67. The van der Waals surface area contributed by atoms with E-state index in [1.807, 2.05) is 12.1 Å². The lowest BCUT2D eigenvalue weighted by molar-refractivity contribution is -0.149. The number of nitrogens with one attached hydrogen (secondary N) is 1. The van der Waals surface area contributed by atoms with Crippen molar-refractivity contribution in [2.24, 2.45) is 29.6 Å². The molecule has 160 valence electrons. The second kappa shape index (κ2) is 6.56. The van der Waals surface area contributed by atoms with Crippen molar-refractivity contribution >= 4 is 40.9 Å². The molecular formula is C22H20N2O5S2. The summed E-state index contributed by atoms with van der Waals surface area (Å²) < 4.78 is 0. The van der Waals surface area contributed by atoms with Crippen molar-refractivity contribution in [3.05, 3.63) is 49.9 Å². The Bertz CT molecular complexity index is 1200. The smallest absolute Gasteiger partial charge is 0.323 e. The van der Waals surface area contributed by atoms with E-state index in [2.05, 4.69) is 24.0 Å². The summed E-state index contributed by atoms with van der Waals surface area (Å²) in [6, 6.07) is 8.16. The Morgan fingerprint density at radius 2 is 1.87 bits per heavy atom. The van der Waals surface area contributed by atoms with Crippen molar-refractivity contribution in [2.45, 2.75) is 29.5 Å². The minimum absolute atomic E-state index is 0.00113. The molecule has 7 atom stereocenters. The van der Waals surface area contributed by atoms with Crippen LogP contribution in [0.3, 0.4) is 0 Å². The predicted octanol–water partition coefficient (Wildman–Crippen LogP) is 2.30. The third-order valence-electron chi connectivity index (χ3n) is 7.63. The first kappa shape index (κ1) is 19.3. The lowest BCUT2D eigenvalue weighted by Crippen LogP contribution is -2.42. The zero-order chi connectivity index (χ0) is 21.6. The molecule has 3 fully saturated rings. The number of carboxylic acids is 1. The highest BCUT2D eigenvalue weighted by molar-refractivity contribution is 8.00. The van der Waals surface area contributed by atoms with Crippen molar-refractivity contribution in [2.75, 3.05) is 6.54 Å². The van der Waals surface area contributed by atoms with E-state index in [0.717, 1.165) is 32.4 Å². The van der Waals surface area contributed by atoms with Crippen molar-refractivity contribution in [3.63, 3.8) is 0 Å². The van der Waals surface area contributed by atoms with E-state index in [4.69, 9.17) is 0 Å². The number of carboxylic acid groups (broad SMARTS) is 1. The van der Waals surface area contributed by atoms with Crippen LogP contribution in [0.15, 0.2) is 34.1 Å². The maximum Gasteiger partial charge on any atom is 0.323 e. The molecule has 31 heavy (non-hydrogen) atoms. The van der Waals surface area contributed by atoms with Gasteiger partial charge in [-0.3, -0.25) is 24.1 Å². The highest BCUT2D eigenvalue weighted by Gasteiger charge is 2.69. The number of hydrogen-bond acceptors (Lipinski definition) is 6. The fourth-order valence-corrected chi connectivity index (χ4v) is 9.53. The van der Waals surface area contributed by atoms with Gasteiger partial charge < -0.3 is 10.1 Å². The number of H-pyrrole nitrogens is 1. The number of aromatic nitrogens is 1. The van der Waals surface area contributed by atoms with Gasteiger partial charge in [0.25, 0.3) is 0 Å². The summed E-state index contributed by atoms with van der Waals surface area (Å²) in [6.07, 6.45) is 0.803. The van der Waals surface area contributed by atoms with Crippen LogP contribution in [0.4, 0.5) is 0 Å². The lowest BCUT2D eigenvalue weighted by Gasteiger charge is -2.43. The fraction of sp³-hybridized carbons (Fsp3) is 0.455. The third-order valence-corrected chi connectivity index (χ3v) is 10.2. The van der Waals surface area contributed by atoms with Gasteiger partial charge in [-0.05, 0) is 42.2 Å². The van der Waals surface area contributed by atoms with Crippen molar-refractivity contribution in [1.29, 1.82) is 0 Å². The molecule has 2 aliphatic heterocycles. The van der Waals surface area contributed by atoms with Gasteiger partial charge in [0.2, 0.25) is 11.8 Å². The quantitative estimate of drug-likeness (QED) is 0.687. The average Bonchev–Trinajstić information content (AvgIpc) is 3.44. The van der Waals surface area contributed by atoms with Crippen LogP contribution in [-0.2, 0) is 14.4 Å². The number of likely N-dealkylation sites (tertiary alicyclic amines) is 1. The van der Waals surface area contributed by atoms with Gasteiger partial charge >= 0.3 is 10.8 Å². The zero-order valence-electron chi connectivity index (χ0n) is 16.6. The molecule has 6 rings (SSSR count). The van der Waals surface area contributed by atoms with Gasteiger partial charge in [0, 0.05) is 16.0 Å². The number of carbonyl (C=O) groups is 3. The number of benzene rings is 1. The number of amides is 2. The monoisotopic (exact) mass is 456 g/mol. The largest absolute Gasteiger partial charge is 0.480 e. The van der Waals surface area contributed by atoms with E-state index in [-0.39, 0.29) is 45.6 Å². The molecule has 2 N–H and O–H groups in total. The van der Waals surface area contributed by atoms with Gasteiger partial charge in [0.05, 0.1) is 16.9 Å². The molecule has 2 aliphatic carbocycles. The van der Waals surface area contributed by atoms with Crippen LogP contribution in [-0.4, -0.2) is 44.6 Å². The number of aryl methyl sites for hydroxylation is 1. The molecule has 4 aliphatic rings. The van der Waals surface area contributed by atoms with Crippen LogP contribution in [0.2, 0.25) is 0 Å². The van der Waals surface area contributed by atoms with Crippen molar-refractivity contribution < 1.29 is 19.5 Å². The highest BCUT2D eigenvalue weighted by Crippen LogP contribution is 2.68. The summed E-state index contributed by atoms with van der Waals surface area (Å²) in [7, 11) is 0. The van der Waals surface area contributed by atoms with Crippen LogP contribution in [0.25, 0.3) is 0 Å². The second-order valence-electron chi connectivity index (χ2n) is 8.97. The van der Waals surface area contributed by atoms with E-state index < -0.39 is 24.3 Å². The summed E-state index contributed by atoms with van der Waals surface area (Å²) in [5.41, 5.74) is 2.31. The Labute approximate surface area is 185 Å². The molecule has 3 heterocycles. The Balaban J connectivity index is 1.47. The molecule has 2 bridgehead atoms. The SMILES string of the molecule is Cc1ccccc1[C@H]1c2sc(=O)[nH]c2S[C@H]2[C@@H]3C[C@H]([C@H]4C(=O)N(CC(=O)O)C(=O)[C@H]34)[C@@H]12. The minimum Gasteiger partial charge on any atom is -0.480 e. The summed E-state index contributed by atoms with van der Waals surface area (Å²) >= 11 is 2.88. The summed E-state index contributed by atoms with van der Waals surface area (Å²) in [5.74, 6) is -2.54. The van der Waals surface area contributed by atoms with Gasteiger partial charge in [-0.2, -0.15) is 0 Å². The van der Waals surface area contributed by atoms with Crippen LogP contribution in [0, 0.1) is 36.5 Å². The normalized spacial score (nSPS) is 35.3. The van der Waals surface area contributed by atoms with Crippen LogP contribution in [0.1, 0.15) is 28.3 Å². The molecule has 2 aromatic rings. The molecule has 9 heteroatoms. The van der Waals surface area contributed by atoms with Gasteiger partial charge in [0.15, 0.2) is 0 Å². The van der Waals surface area contributed by atoms with Gasteiger partial charge in [-0.1, -0.05) is 35.6 Å². The molecule has 1 aromatic heterocycles. The van der Waals surface area contributed by atoms with E-state index >= 15 is 0 Å². The van der Waals surface area contributed by atoms with Gasteiger partial charge in [-0.25, -0.2) is 0 Å². The summed E-state index contributed by atoms with van der Waals surface area (Å²) in [5, 5.41) is 10.2. The van der Waals surface area contributed by atoms with Crippen molar-refractivity contribution in [1.82, 2.24) is 9.88 Å². The number of thiazole rings is 1. The van der Waals surface area contributed by atoms with Crippen LogP contribution in [0.5, 0.6) is 0 Å². The molecular weight excluding hydrogens is 436 g/mol. The number of aliphatic carboxylic acids is 1. The Morgan fingerprint density at radius 1 is 1.16 bits per heavy atom. The molecule has 2 amide bonds. The molecule has 0 unspecified atom stereocenters. The average molecular weight is 457 g/mol. The Morgan fingerprint density at radius 3 is 2.58 bits per heavy atom. The van der Waals surface area contributed by atoms with Crippen LogP contribution >= 0.6 is 23.1 Å². The number of imide groups is 1. The molecule has 0 spiro atoms. The second-order valence-corrected chi connectivity index (χ2v) is 11.2. The highest BCUT2D eigenvalue weighted by atomic mass is 32.2. The maximum absolute atomic E-state index is 13.1. The molecule has 7 nitrogen and oxygen atoms in total. The van der Waals surface area contributed by atoms with E-state index in [1.165, 1.54) is 11.3 Å². The number of rotatable bonds is 3. The standard InChI is InChI=1S/C22H20N2O5S2/c1-8-4-2-3-5-9(8)13-14-10-6-11(17(14)30-19-18(13)31-22(29)23-19)16-15(10)20(27)24(21(16)28)7-12(25)26/h2-5,10-11,13-17H,6-7H2,1H3,(H,23,29)(H,25,26)/t10-,11+,13+,14-,15+,16+,17-/m0/s1. The number of nitrogens with zero attached hydrogens (tertiary/aromatic N) is 1. The third kappa shape index (κ3) is 2.53. The van der Waals surface area contributed by atoms with E-state index in [0.29, 0.717) is 0 Å². The number of fused-ring (bicyclic) bond motifs is 9. The van der Waals surface area contributed by atoms with Gasteiger partial charge in [-0.15, -0.1) is 11.8 Å². The number of carbonyl (C=O) groups excluding carboxylic acids is 2. The van der Waals surface area contributed by atoms with E-state index in [9.17, 15) is 24.3 Å². The number of hydrogen-bond donors (Lipinski definition) is 2.